The van der Waals surface area contributed by atoms with Gasteiger partial charge in [-0.05, 0) is 18.9 Å². The van der Waals surface area contributed by atoms with Crippen LogP contribution in [-0.4, -0.2) is 28.0 Å². The van der Waals surface area contributed by atoms with Crippen molar-refractivity contribution < 1.29 is 19.1 Å². The fraction of sp³-hybridized carbons (Fsp3) is 0.357. The molecule has 1 amide bonds. The van der Waals surface area contributed by atoms with Gasteiger partial charge in [-0.15, -0.1) is 11.3 Å². The molecule has 2 aromatic rings. The number of amides is 1. The molecule has 7 heteroatoms. The summed E-state index contributed by atoms with van der Waals surface area (Å²) in [5, 5.41) is 14.3. The third-order valence-electron chi connectivity index (χ3n) is 3.65. The lowest BCUT2D eigenvalue weighted by molar-refractivity contribution is -0.142. The number of nitrogens with zero attached hydrogens (tertiary/aromatic N) is 1. The molecule has 1 fully saturated rings. The lowest BCUT2D eigenvalue weighted by atomic mass is 10.0. The molecule has 0 spiro atoms. The normalized spacial score (nSPS) is 21.3. The van der Waals surface area contributed by atoms with E-state index in [-0.39, 0.29) is 11.9 Å². The third-order valence-corrected chi connectivity index (χ3v) is 4.55. The van der Waals surface area contributed by atoms with Crippen LogP contribution in [0.25, 0.3) is 10.6 Å². The SMILES string of the molecule is O=C(N[C@H]1CCC[C@H]1C(=O)O)c1csc(-c2ccoc2)n1. The summed E-state index contributed by atoms with van der Waals surface area (Å²) in [5.41, 5.74) is 1.13. The summed E-state index contributed by atoms with van der Waals surface area (Å²) in [7, 11) is 0. The average Bonchev–Trinajstić information content (AvgIpc) is 3.19. The fourth-order valence-corrected chi connectivity index (χ4v) is 3.35. The van der Waals surface area contributed by atoms with Crippen molar-refractivity contribution in [2.75, 3.05) is 0 Å². The Morgan fingerprint density at radius 1 is 1.43 bits per heavy atom. The number of aromatic nitrogens is 1. The summed E-state index contributed by atoms with van der Waals surface area (Å²) in [5.74, 6) is -1.67. The minimum absolute atomic E-state index is 0.311. The number of nitrogens with one attached hydrogen (secondary N) is 1. The molecule has 0 aromatic carbocycles. The molecule has 1 saturated carbocycles. The van der Waals surface area contributed by atoms with Crippen LogP contribution in [0.4, 0.5) is 0 Å². The number of carbonyl (C=O) groups is 2. The molecule has 0 aliphatic heterocycles. The lowest BCUT2D eigenvalue weighted by Gasteiger charge is -2.16. The zero-order valence-corrected chi connectivity index (χ0v) is 11.9. The van der Waals surface area contributed by atoms with E-state index in [4.69, 9.17) is 9.52 Å². The minimum Gasteiger partial charge on any atom is -0.481 e. The maximum Gasteiger partial charge on any atom is 0.308 e. The van der Waals surface area contributed by atoms with Gasteiger partial charge in [-0.25, -0.2) is 4.98 Å². The van der Waals surface area contributed by atoms with Gasteiger partial charge in [0.1, 0.15) is 17.0 Å². The van der Waals surface area contributed by atoms with Gasteiger partial charge in [0, 0.05) is 17.0 Å². The van der Waals surface area contributed by atoms with E-state index in [1.807, 2.05) is 0 Å². The number of hydrogen-bond donors (Lipinski definition) is 2. The topological polar surface area (TPSA) is 92.4 Å². The van der Waals surface area contributed by atoms with Crippen LogP contribution in [0, 0.1) is 5.92 Å². The smallest absolute Gasteiger partial charge is 0.308 e. The largest absolute Gasteiger partial charge is 0.481 e. The first kappa shape index (κ1) is 13.8. The van der Waals surface area contributed by atoms with E-state index in [2.05, 4.69) is 10.3 Å². The van der Waals surface area contributed by atoms with Crippen molar-refractivity contribution in [1.29, 1.82) is 0 Å². The Morgan fingerprint density at radius 2 is 2.29 bits per heavy atom. The predicted molar refractivity (Wildman–Crippen MR) is 76.0 cm³/mol. The minimum atomic E-state index is -0.852. The second-order valence-corrected chi connectivity index (χ2v) is 5.86. The van der Waals surface area contributed by atoms with Crippen LogP contribution in [0.3, 0.4) is 0 Å². The maximum absolute atomic E-state index is 12.2. The van der Waals surface area contributed by atoms with Gasteiger partial charge < -0.3 is 14.8 Å². The van der Waals surface area contributed by atoms with Gasteiger partial charge >= 0.3 is 5.97 Å². The second-order valence-electron chi connectivity index (χ2n) is 5.01. The van der Waals surface area contributed by atoms with E-state index in [0.717, 1.165) is 12.0 Å². The van der Waals surface area contributed by atoms with Crippen molar-refractivity contribution in [2.45, 2.75) is 25.3 Å². The zero-order chi connectivity index (χ0) is 14.8. The first-order chi connectivity index (χ1) is 10.1. The highest BCUT2D eigenvalue weighted by molar-refractivity contribution is 7.13. The van der Waals surface area contributed by atoms with Crippen LogP contribution in [0.5, 0.6) is 0 Å². The Morgan fingerprint density at radius 3 is 3.00 bits per heavy atom. The molecular formula is C14H14N2O4S. The quantitative estimate of drug-likeness (QED) is 0.904. The fourth-order valence-electron chi connectivity index (χ4n) is 2.57. The van der Waals surface area contributed by atoms with Crippen LogP contribution in [0.2, 0.25) is 0 Å². The molecule has 2 N–H and O–H groups in total. The molecule has 110 valence electrons. The van der Waals surface area contributed by atoms with Gasteiger partial charge in [-0.1, -0.05) is 6.42 Å². The van der Waals surface area contributed by atoms with E-state index in [1.165, 1.54) is 11.3 Å². The molecule has 3 rings (SSSR count). The number of furan rings is 1. The number of rotatable bonds is 4. The molecule has 21 heavy (non-hydrogen) atoms. The summed E-state index contributed by atoms with van der Waals surface area (Å²) >= 11 is 1.35. The summed E-state index contributed by atoms with van der Waals surface area (Å²) in [6, 6.07) is 1.46. The van der Waals surface area contributed by atoms with E-state index < -0.39 is 11.9 Å². The maximum atomic E-state index is 12.2. The van der Waals surface area contributed by atoms with Crippen LogP contribution < -0.4 is 5.32 Å². The Balaban J connectivity index is 1.70. The van der Waals surface area contributed by atoms with Crippen molar-refractivity contribution in [3.63, 3.8) is 0 Å². The number of carbonyl (C=O) groups excluding carboxylic acids is 1. The Labute approximate surface area is 124 Å². The molecular weight excluding hydrogens is 292 g/mol. The molecule has 2 aromatic heterocycles. The molecule has 6 nitrogen and oxygen atoms in total. The van der Waals surface area contributed by atoms with Gasteiger partial charge in [0.15, 0.2) is 0 Å². The van der Waals surface area contributed by atoms with Crippen LogP contribution in [0.1, 0.15) is 29.8 Å². The van der Waals surface area contributed by atoms with Gasteiger partial charge in [0.2, 0.25) is 0 Å². The van der Waals surface area contributed by atoms with E-state index in [9.17, 15) is 9.59 Å². The first-order valence-electron chi connectivity index (χ1n) is 6.67. The number of carboxylic acids is 1. The third kappa shape index (κ3) is 2.82. The van der Waals surface area contributed by atoms with E-state index in [0.29, 0.717) is 23.5 Å². The Bertz CT molecular complexity index is 650. The summed E-state index contributed by atoms with van der Waals surface area (Å²) in [6.07, 6.45) is 5.24. The number of hydrogen-bond acceptors (Lipinski definition) is 5. The molecule has 0 unspecified atom stereocenters. The molecule has 1 aliphatic rings. The van der Waals surface area contributed by atoms with Crippen LogP contribution in [-0.2, 0) is 4.79 Å². The summed E-state index contributed by atoms with van der Waals surface area (Å²) in [4.78, 5) is 27.5. The van der Waals surface area contributed by atoms with Crippen molar-refractivity contribution in [3.05, 3.63) is 29.7 Å². The van der Waals surface area contributed by atoms with Gasteiger partial charge in [0.25, 0.3) is 5.91 Å². The highest BCUT2D eigenvalue weighted by atomic mass is 32.1. The lowest BCUT2D eigenvalue weighted by Crippen LogP contribution is -2.40. The standard InChI is InChI=1S/C14H14N2O4S/c17-12(15-10-3-1-2-9(10)14(18)19)11-7-21-13(16-11)8-4-5-20-6-8/h4-7,9-10H,1-3H2,(H,15,17)(H,18,19)/t9-,10+/m1/s1. The zero-order valence-electron chi connectivity index (χ0n) is 11.1. The van der Waals surface area contributed by atoms with Crippen LogP contribution >= 0.6 is 11.3 Å². The van der Waals surface area contributed by atoms with Gasteiger partial charge in [-0.3, -0.25) is 9.59 Å². The summed E-state index contributed by atoms with van der Waals surface area (Å²) < 4.78 is 4.99. The van der Waals surface area contributed by atoms with Crippen LogP contribution in [0.15, 0.2) is 28.4 Å². The molecule has 0 bridgehead atoms. The monoisotopic (exact) mass is 306 g/mol. The van der Waals surface area contributed by atoms with Crippen molar-refractivity contribution in [2.24, 2.45) is 5.92 Å². The van der Waals surface area contributed by atoms with Crippen molar-refractivity contribution in [1.82, 2.24) is 10.3 Å². The van der Waals surface area contributed by atoms with Gasteiger partial charge in [-0.2, -0.15) is 0 Å². The summed E-state index contributed by atoms with van der Waals surface area (Å²) in [6.45, 7) is 0. The molecule has 0 radical (unpaired) electrons. The highest BCUT2D eigenvalue weighted by Gasteiger charge is 2.34. The predicted octanol–water partition coefficient (Wildman–Crippen LogP) is 2.39. The Kier molecular flexibility index (Phi) is 3.74. The van der Waals surface area contributed by atoms with Crippen molar-refractivity contribution in [3.8, 4) is 10.6 Å². The molecule has 2 heterocycles. The highest BCUT2D eigenvalue weighted by Crippen LogP contribution is 2.27. The number of carboxylic acid groups (broad SMARTS) is 1. The van der Waals surface area contributed by atoms with E-state index >= 15 is 0 Å². The first-order valence-corrected chi connectivity index (χ1v) is 7.55. The second kappa shape index (κ2) is 5.69. The number of aliphatic carboxylic acids is 1. The van der Waals surface area contributed by atoms with Crippen molar-refractivity contribution >= 4 is 23.2 Å². The molecule has 0 saturated heterocycles. The van der Waals surface area contributed by atoms with Gasteiger partial charge in [0.05, 0.1) is 12.2 Å². The molecule has 1 aliphatic carbocycles. The molecule has 2 atom stereocenters. The number of thiazole rings is 1. The van der Waals surface area contributed by atoms with E-state index in [1.54, 1.807) is 24.0 Å². The average molecular weight is 306 g/mol. The Hall–Kier alpha value is -2.15.